The molecule has 0 spiro atoms. The van der Waals surface area contributed by atoms with Gasteiger partial charge in [0.25, 0.3) is 5.91 Å². The van der Waals surface area contributed by atoms with E-state index in [9.17, 15) is 18.0 Å². The molecule has 0 aromatic carbocycles. The van der Waals surface area contributed by atoms with Crippen molar-refractivity contribution in [3.63, 3.8) is 0 Å². The highest BCUT2D eigenvalue weighted by Crippen LogP contribution is 2.17. The van der Waals surface area contributed by atoms with Gasteiger partial charge in [0.1, 0.15) is 12.6 Å². The number of carbonyl (C=O) groups is 2. The third-order valence-corrected chi connectivity index (χ3v) is 5.31. The van der Waals surface area contributed by atoms with Crippen molar-refractivity contribution in [2.75, 3.05) is 45.6 Å². The predicted octanol–water partition coefficient (Wildman–Crippen LogP) is -0.871. The molecule has 1 N–H and O–H groups in total. The molecule has 2 saturated heterocycles. The van der Waals surface area contributed by atoms with Crippen molar-refractivity contribution in [1.82, 2.24) is 9.21 Å². The van der Waals surface area contributed by atoms with Crippen LogP contribution in [0.5, 0.6) is 0 Å². The molecule has 0 radical (unpaired) electrons. The molecule has 0 aromatic heterocycles. The van der Waals surface area contributed by atoms with Crippen molar-refractivity contribution in [1.29, 1.82) is 0 Å². The number of hydrogen-bond acceptors (Lipinski definition) is 6. The molecular formula is C14H24N2O7S. The van der Waals surface area contributed by atoms with Crippen molar-refractivity contribution < 1.29 is 32.6 Å². The molecular weight excluding hydrogens is 340 g/mol. The summed E-state index contributed by atoms with van der Waals surface area (Å²) in [5, 5.41) is 8.86. The molecule has 0 aromatic rings. The van der Waals surface area contributed by atoms with Crippen LogP contribution >= 0.6 is 0 Å². The molecule has 10 heteroatoms. The highest BCUT2D eigenvalue weighted by atomic mass is 32.2. The van der Waals surface area contributed by atoms with E-state index in [1.165, 1.54) is 0 Å². The van der Waals surface area contributed by atoms with Crippen molar-refractivity contribution in [2.24, 2.45) is 0 Å². The van der Waals surface area contributed by atoms with E-state index < -0.39 is 34.7 Å². The van der Waals surface area contributed by atoms with Gasteiger partial charge in [-0.15, -0.1) is 0 Å². The number of sulfonamides is 1. The van der Waals surface area contributed by atoms with Gasteiger partial charge in [0.05, 0.1) is 19.0 Å². The normalized spacial score (nSPS) is 25.7. The molecule has 0 aliphatic carbocycles. The van der Waals surface area contributed by atoms with Crippen molar-refractivity contribution in [3.8, 4) is 0 Å². The Hall–Kier alpha value is -1.23. The first kappa shape index (κ1) is 19.1. The lowest BCUT2D eigenvalue weighted by molar-refractivity contribution is -0.154. The average Bonchev–Trinajstić information content (AvgIpc) is 2.53. The number of rotatable bonds is 6. The fourth-order valence-electron chi connectivity index (χ4n) is 2.86. The molecule has 0 bridgehead atoms. The fraction of sp³-hybridized carbons (Fsp3) is 0.857. The van der Waals surface area contributed by atoms with Crippen LogP contribution in [0.25, 0.3) is 0 Å². The van der Waals surface area contributed by atoms with Crippen LogP contribution in [0.3, 0.4) is 0 Å². The minimum absolute atomic E-state index is 0.0968. The summed E-state index contributed by atoms with van der Waals surface area (Å²) in [6.07, 6.45) is 2.55. The molecule has 2 unspecified atom stereocenters. The summed E-state index contributed by atoms with van der Waals surface area (Å²) in [6.45, 7) is 0.786. The second-order valence-electron chi connectivity index (χ2n) is 6.08. The first-order valence-electron chi connectivity index (χ1n) is 7.96. The molecule has 2 atom stereocenters. The SMILES string of the molecule is CS(=O)(=O)N(CC(=O)O)CC1CN(C(=O)C2CCCCO2)CCO1. The lowest BCUT2D eigenvalue weighted by Gasteiger charge is -2.37. The molecule has 24 heavy (non-hydrogen) atoms. The molecule has 2 aliphatic heterocycles. The zero-order valence-electron chi connectivity index (χ0n) is 13.7. The maximum Gasteiger partial charge on any atom is 0.318 e. The number of carboxylic acid groups (broad SMARTS) is 1. The molecule has 1 amide bonds. The number of nitrogens with zero attached hydrogens (tertiary/aromatic N) is 2. The van der Waals surface area contributed by atoms with Crippen LogP contribution in [0, 0.1) is 0 Å². The van der Waals surface area contributed by atoms with Crippen LogP contribution in [-0.4, -0.2) is 92.5 Å². The smallest absolute Gasteiger partial charge is 0.318 e. The van der Waals surface area contributed by atoms with Crippen LogP contribution in [0.4, 0.5) is 0 Å². The van der Waals surface area contributed by atoms with Gasteiger partial charge < -0.3 is 19.5 Å². The zero-order valence-corrected chi connectivity index (χ0v) is 14.5. The van der Waals surface area contributed by atoms with E-state index in [2.05, 4.69) is 0 Å². The van der Waals surface area contributed by atoms with Gasteiger partial charge in [0.2, 0.25) is 10.0 Å². The summed E-state index contributed by atoms with van der Waals surface area (Å²) in [6, 6.07) is 0. The van der Waals surface area contributed by atoms with E-state index in [0.29, 0.717) is 19.6 Å². The van der Waals surface area contributed by atoms with E-state index in [-0.39, 0.29) is 25.6 Å². The summed E-state index contributed by atoms with van der Waals surface area (Å²) < 4.78 is 35.3. The fourth-order valence-corrected chi connectivity index (χ4v) is 3.65. The largest absolute Gasteiger partial charge is 0.480 e. The third-order valence-electron chi connectivity index (χ3n) is 4.09. The van der Waals surface area contributed by atoms with Crippen LogP contribution < -0.4 is 0 Å². The molecule has 138 valence electrons. The van der Waals surface area contributed by atoms with Crippen LogP contribution in [0.1, 0.15) is 19.3 Å². The highest BCUT2D eigenvalue weighted by Gasteiger charge is 2.33. The van der Waals surface area contributed by atoms with E-state index in [4.69, 9.17) is 14.6 Å². The molecule has 2 aliphatic rings. The van der Waals surface area contributed by atoms with Crippen molar-refractivity contribution in [2.45, 2.75) is 31.5 Å². The van der Waals surface area contributed by atoms with E-state index >= 15 is 0 Å². The Kier molecular flexibility index (Phi) is 6.55. The van der Waals surface area contributed by atoms with Gasteiger partial charge in [-0.2, -0.15) is 4.31 Å². The van der Waals surface area contributed by atoms with Gasteiger partial charge in [-0.25, -0.2) is 8.42 Å². The van der Waals surface area contributed by atoms with Crippen molar-refractivity contribution >= 4 is 21.9 Å². The quantitative estimate of drug-likeness (QED) is 0.652. The molecule has 2 heterocycles. The second kappa shape index (κ2) is 8.24. The van der Waals surface area contributed by atoms with Gasteiger partial charge in [0.15, 0.2) is 0 Å². The van der Waals surface area contributed by atoms with Gasteiger partial charge in [-0.1, -0.05) is 0 Å². The van der Waals surface area contributed by atoms with Gasteiger partial charge in [-0.3, -0.25) is 9.59 Å². The number of morpholine rings is 1. The minimum atomic E-state index is -3.67. The summed E-state index contributed by atoms with van der Waals surface area (Å²) in [5.74, 6) is -1.34. The molecule has 2 rings (SSSR count). The lowest BCUT2D eigenvalue weighted by Crippen LogP contribution is -2.53. The molecule has 0 saturated carbocycles. The van der Waals surface area contributed by atoms with E-state index in [1.807, 2.05) is 0 Å². The maximum absolute atomic E-state index is 12.5. The Morgan fingerprint density at radius 2 is 2.00 bits per heavy atom. The first-order valence-corrected chi connectivity index (χ1v) is 9.81. The Labute approximate surface area is 141 Å². The van der Waals surface area contributed by atoms with Crippen LogP contribution in [-0.2, 0) is 29.1 Å². The number of hydrogen-bond donors (Lipinski definition) is 1. The highest BCUT2D eigenvalue weighted by molar-refractivity contribution is 7.88. The van der Waals surface area contributed by atoms with Gasteiger partial charge >= 0.3 is 5.97 Å². The number of amides is 1. The predicted molar refractivity (Wildman–Crippen MR) is 84.0 cm³/mol. The second-order valence-corrected chi connectivity index (χ2v) is 8.06. The zero-order chi connectivity index (χ0) is 17.7. The topological polar surface area (TPSA) is 113 Å². The number of carboxylic acids is 1. The summed E-state index contributed by atoms with van der Waals surface area (Å²) in [5.41, 5.74) is 0. The standard InChI is InChI=1S/C14H24N2O7S/c1-24(20,21)16(10-13(17)18)9-11-8-15(5-7-22-11)14(19)12-4-2-3-6-23-12/h11-12H,2-10H2,1H3,(H,17,18). The Morgan fingerprint density at radius 3 is 2.58 bits per heavy atom. The van der Waals surface area contributed by atoms with Gasteiger partial charge in [0, 0.05) is 26.2 Å². The monoisotopic (exact) mass is 364 g/mol. The van der Waals surface area contributed by atoms with Crippen LogP contribution in [0.2, 0.25) is 0 Å². The Balaban J connectivity index is 1.96. The molecule has 9 nitrogen and oxygen atoms in total. The summed E-state index contributed by atoms with van der Waals surface area (Å²) >= 11 is 0. The maximum atomic E-state index is 12.5. The Bertz CT molecular complexity index is 559. The average molecular weight is 364 g/mol. The summed E-state index contributed by atoms with van der Waals surface area (Å²) in [4.78, 5) is 24.9. The number of carbonyl (C=O) groups excluding carboxylic acids is 1. The number of aliphatic carboxylic acids is 1. The van der Waals surface area contributed by atoms with E-state index in [1.54, 1.807) is 4.90 Å². The summed E-state index contributed by atoms with van der Waals surface area (Å²) in [7, 11) is -3.67. The minimum Gasteiger partial charge on any atom is -0.480 e. The Morgan fingerprint density at radius 1 is 1.25 bits per heavy atom. The molecule has 2 fully saturated rings. The first-order chi connectivity index (χ1) is 11.3. The van der Waals surface area contributed by atoms with Crippen LogP contribution in [0.15, 0.2) is 0 Å². The van der Waals surface area contributed by atoms with Crippen molar-refractivity contribution in [3.05, 3.63) is 0 Å². The number of ether oxygens (including phenoxy) is 2. The van der Waals surface area contributed by atoms with E-state index in [0.717, 1.165) is 23.4 Å². The lowest BCUT2D eigenvalue weighted by atomic mass is 10.1. The van der Waals surface area contributed by atoms with Gasteiger partial charge in [-0.05, 0) is 19.3 Å². The third kappa shape index (κ3) is 5.40.